The van der Waals surface area contributed by atoms with Crippen LogP contribution in [0.5, 0.6) is 0 Å². The van der Waals surface area contributed by atoms with E-state index >= 15 is 0 Å². The summed E-state index contributed by atoms with van der Waals surface area (Å²) in [5.74, 6) is 0.0376. The minimum Gasteiger partial charge on any atom is -0.345 e. The van der Waals surface area contributed by atoms with Gasteiger partial charge in [0.2, 0.25) is 0 Å². The lowest BCUT2D eigenvalue weighted by Crippen LogP contribution is -2.40. The van der Waals surface area contributed by atoms with Crippen LogP contribution in [0, 0.1) is 0 Å². The van der Waals surface area contributed by atoms with Gasteiger partial charge in [0.05, 0.1) is 22.1 Å². The highest BCUT2D eigenvalue weighted by molar-refractivity contribution is 6.31. The number of halogens is 1. The number of carbonyl (C=O) groups excluding carboxylic acids is 1. The molecule has 0 atom stereocenters. The topological polar surface area (TPSA) is 66.3 Å². The number of hydrogen-bond donors (Lipinski definition) is 1. The molecule has 1 fully saturated rings. The summed E-state index contributed by atoms with van der Waals surface area (Å²) in [6, 6.07) is 13.6. The third-order valence-electron chi connectivity index (χ3n) is 6.60. The molecule has 0 radical (unpaired) electrons. The lowest BCUT2D eigenvalue weighted by molar-refractivity contribution is 0.0696. The Bertz CT molecular complexity index is 1370. The van der Waals surface area contributed by atoms with E-state index in [-0.39, 0.29) is 17.6 Å². The number of nitrogens with zero attached hydrogens (tertiary/aromatic N) is 4. The first-order valence-corrected chi connectivity index (χ1v) is 11.7. The van der Waals surface area contributed by atoms with Gasteiger partial charge in [-0.2, -0.15) is 0 Å². The number of fused-ring (bicyclic) bond motifs is 2. The first-order valence-electron chi connectivity index (χ1n) is 11.3. The van der Waals surface area contributed by atoms with Gasteiger partial charge in [-0.1, -0.05) is 29.8 Å². The number of likely N-dealkylation sites (N-methyl/N-ethyl adjacent to an activating group) is 1. The first-order chi connectivity index (χ1) is 15.9. The van der Waals surface area contributed by atoms with Crippen LogP contribution in [0.15, 0.2) is 53.5 Å². The second kappa shape index (κ2) is 8.72. The molecule has 0 bridgehead atoms. The maximum atomic E-state index is 13.5. The van der Waals surface area contributed by atoms with E-state index in [1.54, 1.807) is 0 Å². The molecule has 8 heteroatoms. The quantitative estimate of drug-likeness (QED) is 0.485. The summed E-state index contributed by atoms with van der Waals surface area (Å²) < 4.78 is 3.97. The number of aromatic amines is 1. The van der Waals surface area contributed by atoms with Crippen molar-refractivity contribution in [3.05, 3.63) is 69.7 Å². The molecule has 2 aromatic carbocycles. The summed E-state index contributed by atoms with van der Waals surface area (Å²) >= 11 is 6.26. The molecule has 1 N–H and O–H groups in total. The molecule has 0 saturated carbocycles. The number of benzene rings is 2. The standard InChI is InChI=1S/C25H28ClN5O2/c1-28(2)13-14-30-16-20(19-8-7-17(26)15-23(19)30)24(32)29-11-9-18(10-12-29)31-22-6-4-3-5-21(22)27-25(31)33/h3-8,15-16,18H,9-14H2,1-2H3,(H,27,33). The number of likely N-dealkylation sites (tertiary alicyclic amines) is 1. The Labute approximate surface area is 197 Å². The van der Waals surface area contributed by atoms with Crippen LogP contribution in [0.4, 0.5) is 0 Å². The van der Waals surface area contributed by atoms with Gasteiger partial charge in [0, 0.05) is 48.8 Å². The molecular formula is C25H28ClN5O2. The van der Waals surface area contributed by atoms with E-state index in [1.165, 1.54) is 0 Å². The van der Waals surface area contributed by atoms with Crippen LogP contribution in [0.2, 0.25) is 5.02 Å². The molecule has 33 heavy (non-hydrogen) atoms. The van der Waals surface area contributed by atoms with Crippen LogP contribution in [0.1, 0.15) is 29.2 Å². The Morgan fingerprint density at radius 1 is 1.12 bits per heavy atom. The molecule has 0 unspecified atom stereocenters. The normalized spacial score (nSPS) is 15.2. The summed E-state index contributed by atoms with van der Waals surface area (Å²) in [6.07, 6.45) is 3.46. The van der Waals surface area contributed by atoms with E-state index in [2.05, 4.69) is 14.5 Å². The molecule has 2 aromatic heterocycles. The molecule has 3 heterocycles. The number of para-hydroxylation sites is 2. The first kappa shape index (κ1) is 21.8. The zero-order valence-corrected chi connectivity index (χ0v) is 19.7. The van der Waals surface area contributed by atoms with Gasteiger partial charge in [0.1, 0.15) is 0 Å². The molecule has 5 rings (SSSR count). The van der Waals surface area contributed by atoms with Gasteiger partial charge in [0.15, 0.2) is 0 Å². The van der Waals surface area contributed by atoms with Crippen LogP contribution in [-0.2, 0) is 6.54 Å². The number of hydrogen-bond acceptors (Lipinski definition) is 3. The lowest BCUT2D eigenvalue weighted by atomic mass is 10.0. The van der Waals surface area contributed by atoms with E-state index in [0.717, 1.165) is 47.9 Å². The van der Waals surface area contributed by atoms with Crippen molar-refractivity contribution < 1.29 is 4.79 Å². The van der Waals surface area contributed by atoms with Crippen molar-refractivity contribution in [3.8, 4) is 0 Å². The molecule has 1 amide bonds. The summed E-state index contributed by atoms with van der Waals surface area (Å²) in [4.78, 5) is 33.1. The smallest absolute Gasteiger partial charge is 0.326 e. The monoisotopic (exact) mass is 465 g/mol. The Balaban J connectivity index is 1.38. The number of piperidine rings is 1. The van der Waals surface area contributed by atoms with E-state index in [1.807, 2.05) is 72.2 Å². The Morgan fingerprint density at radius 2 is 1.88 bits per heavy atom. The molecule has 1 saturated heterocycles. The average Bonchev–Trinajstić information content (AvgIpc) is 3.33. The second-order valence-corrected chi connectivity index (χ2v) is 9.48. The average molecular weight is 466 g/mol. The van der Waals surface area contributed by atoms with Gasteiger partial charge in [-0.25, -0.2) is 4.79 Å². The zero-order valence-electron chi connectivity index (χ0n) is 18.9. The Morgan fingerprint density at radius 3 is 2.64 bits per heavy atom. The predicted molar refractivity (Wildman–Crippen MR) is 132 cm³/mol. The Hall–Kier alpha value is -3.03. The van der Waals surface area contributed by atoms with E-state index in [9.17, 15) is 9.59 Å². The number of H-pyrrole nitrogens is 1. The minimum absolute atomic E-state index is 0.0376. The number of rotatable bonds is 5. The summed E-state index contributed by atoms with van der Waals surface area (Å²) in [6.45, 7) is 2.89. The fourth-order valence-electron chi connectivity index (χ4n) is 4.86. The largest absolute Gasteiger partial charge is 0.345 e. The number of carbonyl (C=O) groups is 1. The molecule has 0 aliphatic carbocycles. The zero-order chi connectivity index (χ0) is 23.1. The van der Waals surface area contributed by atoms with Crippen molar-refractivity contribution >= 4 is 39.4 Å². The van der Waals surface area contributed by atoms with Crippen LogP contribution in [-0.4, -0.2) is 63.6 Å². The minimum atomic E-state index is -0.0817. The van der Waals surface area contributed by atoms with Crippen molar-refractivity contribution in [2.75, 3.05) is 33.7 Å². The third kappa shape index (κ3) is 4.07. The van der Waals surface area contributed by atoms with Gasteiger partial charge in [0.25, 0.3) is 5.91 Å². The van der Waals surface area contributed by atoms with Gasteiger partial charge in [-0.3, -0.25) is 9.36 Å². The highest BCUT2D eigenvalue weighted by Gasteiger charge is 2.28. The fraction of sp³-hybridized carbons (Fsp3) is 0.360. The maximum Gasteiger partial charge on any atom is 0.326 e. The molecular weight excluding hydrogens is 438 g/mol. The molecule has 7 nitrogen and oxygen atoms in total. The van der Waals surface area contributed by atoms with Crippen LogP contribution >= 0.6 is 11.6 Å². The van der Waals surface area contributed by atoms with Crippen molar-refractivity contribution in [1.82, 2.24) is 23.9 Å². The van der Waals surface area contributed by atoms with Crippen LogP contribution in [0.25, 0.3) is 21.9 Å². The number of imidazole rings is 1. The van der Waals surface area contributed by atoms with Gasteiger partial charge >= 0.3 is 5.69 Å². The van der Waals surface area contributed by atoms with E-state index in [4.69, 9.17) is 11.6 Å². The Kier molecular flexibility index (Phi) is 5.76. The molecule has 172 valence electrons. The number of amides is 1. The summed E-state index contributed by atoms with van der Waals surface area (Å²) in [7, 11) is 4.07. The fourth-order valence-corrected chi connectivity index (χ4v) is 5.03. The van der Waals surface area contributed by atoms with Crippen molar-refractivity contribution in [2.24, 2.45) is 0 Å². The van der Waals surface area contributed by atoms with Crippen LogP contribution in [0.3, 0.4) is 0 Å². The van der Waals surface area contributed by atoms with Gasteiger partial charge in [-0.15, -0.1) is 0 Å². The molecule has 1 aliphatic heterocycles. The van der Waals surface area contributed by atoms with E-state index in [0.29, 0.717) is 23.7 Å². The molecule has 4 aromatic rings. The lowest BCUT2D eigenvalue weighted by Gasteiger charge is -2.32. The van der Waals surface area contributed by atoms with Crippen molar-refractivity contribution in [2.45, 2.75) is 25.4 Å². The van der Waals surface area contributed by atoms with Crippen LogP contribution < -0.4 is 5.69 Å². The highest BCUT2D eigenvalue weighted by atomic mass is 35.5. The highest BCUT2D eigenvalue weighted by Crippen LogP contribution is 2.29. The third-order valence-corrected chi connectivity index (χ3v) is 6.84. The second-order valence-electron chi connectivity index (χ2n) is 9.04. The van der Waals surface area contributed by atoms with Crippen molar-refractivity contribution in [3.63, 3.8) is 0 Å². The molecule has 1 aliphatic rings. The predicted octanol–water partition coefficient (Wildman–Crippen LogP) is 3.98. The van der Waals surface area contributed by atoms with Gasteiger partial charge < -0.3 is 19.4 Å². The van der Waals surface area contributed by atoms with Gasteiger partial charge in [-0.05, 0) is 51.2 Å². The molecule has 0 spiro atoms. The van der Waals surface area contributed by atoms with E-state index < -0.39 is 0 Å². The number of nitrogens with one attached hydrogen (secondary N) is 1. The summed E-state index contributed by atoms with van der Waals surface area (Å²) in [5.41, 5.74) is 3.39. The number of aromatic nitrogens is 3. The van der Waals surface area contributed by atoms with Crippen molar-refractivity contribution in [1.29, 1.82) is 0 Å². The summed E-state index contributed by atoms with van der Waals surface area (Å²) in [5, 5.41) is 1.59. The maximum absolute atomic E-state index is 13.5. The SMILES string of the molecule is CN(C)CCn1cc(C(=O)N2CCC(n3c(=O)[nH]c4ccccc43)CC2)c2ccc(Cl)cc21.